The summed E-state index contributed by atoms with van der Waals surface area (Å²) in [5, 5.41) is 3.58. The van der Waals surface area contributed by atoms with E-state index in [1.165, 1.54) is 6.42 Å². The van der Waals surface area contributed by atoms with E-state index in [9.17, 15) is 0 Å². The molecule has 0 aliphatic heterocycles. The lowest BCUT2D eigenvalue weighted by Crippen LogP contribution is -2.40. The van der Waals surface area contributed by atoms with Gasteiger partial charge in [-0.2, -0.15) is 0 Å². The average molecular weight is 228 g/mol. The van der Waals surface area contributed by atoms with Crippen LogP contribution in [-0.4, -0.2) is 37.1 Å². The molecule has 0 saturated carbocycles. The van der Waals surface area contributed by atoms with Gasteiger partial charge in [-0.05, 0) is 39.2 Å². The summed E-state index contributed by atoms with van der Waals surface area (Å²) in [4.78, 5) is 2.46. The Morgan fingerprint density at radius 3 is 2.00 bits per heavy atom. The minimum absolute atomic E-state index is 0.619. The maximum Gasteiger partial charge on any atom is 0.0107 e. The van der Waals surface area contributed by atoms with Crippen molar-refractivity contribution in [1.29, 1.82) is 0 Å². The molecule has 0 aromatic heterocycles. The fourth-order valence-electron chi connectivity index (χ4n) is 1.79. The molecule has 0 heterocycles. The maximum atomic E-state index is 3.58. The van der Waals surface area contributed by atoms with E-state index in [1.807, 2.05) is 0 Å². The molecule has 0 rings (SSSR count). The van der Waals surface area contributed by atoms with Crippen LogP contribution in [0.5, 0.6) is 0 Å². The highest BCUT2D eigenvalue weighted by Crippen LogP contribution is 2.08. The average Bonchev–Trinajstić information content (AvgIpc) is 2.15. The minimum Gasteiger partial charge on any atom is -0.313 e. The van der Waals surface area contributed by atoms with Crippen LogP contribution in [0.1, 0.15) is 48.0 Å². The summed E-state index contributed by atoms with van der Waals surface area (Å²) >= 11 is 0. The van der Waals surface area contributed by atoms with Gasteiger partial charge >= 0.3 is 0 Å². The Morgan fingerprint density at radius 2 is 1.56 bits per heavy atom. The lowest BCUT2D eigenvalue weighted by Gasteiger charge is -2.27. The van der Waals surface area contributed by atoms with Gasteiger partial charge in [0.1, 0.15) is 0 Å². The van der Waals surface area contributed by atoms with Gasteiger partial charge in [-0.3, -0.25) is 0 Å². The first-order valence-corrected chi connectivity index (χ1v) is 6.78. The van der Waals surface area contributed by atoms with Crippen LogP contribution in [-0.2, 0) is 0 Å². The molecule has 2 heteroatoms. The first-order valence-electron chi connectivity index (χ1n) is 6.78. The van der Waals surface area contributed by atoms with E-state index in [-0.39, 0.29) is 0 Å². The van der Waals surface area contributed by atoms with Crippen molar-refractivity contribution in [3.05, 3.63) is 0 Å². The molecule has 0 amide bonds. The largest absolute Gasteiger partial charge is 0.313 e. The molecule has 2 nitrogen and oxygen atoms in total. The van der Waals surface area contributed by atoms with Crippen molar-refractivity contribution in [2.75, 3.05) is 20.1 Å². The summed E-state index contributed by atoms with van der Waals surface area (Å²) in [6.45, 7) is 16.0. The van der Waals surface area contributed by atoms with Gasteiger partial charge in [-0.15, -0.1) is 0 Å². The van der Waals surface area contributed by atoms with E-state index in [4.69, 9.17) is 0 Å². The molecule has 0 aliphatic carbocycles. The number of likely N-dealkylation sites (N-methyl/N-ethyl adjacent to an activating group) is 1. The van der Waals surface area contributed by atoms with Crippen LogP contribution in [0.15, 0.2) is 0 Å². The van der Waals surface area contributed by atoms with Gasteiger partial charge in [0.05, 0.1) is 0 Å². The summed E-state index contributed by atoms with van der Waals surface area (Å²) in [6.07, 6.45) is 1.29. The van der Waals surface area contributed by atoms with Gasteiger partial charge in [0, 0.05) is 25.2 Å². The Balaban J connectivity index is 3.68. The van der Waals surface area contributed by atoms with Crippen molar-refractivity contribution in [3.63, 3.8) is 0 Å². The molecule has 98 valence electrons. The van der Waals surface area contributed by atoms with Crippen LogP contribution < -0.4 is 5.32 Å². The molecular formula is C14H32N2. The molecule has 0 fully saturated rings. The minimum atomic E-state index is 0.619. The molecule has 2 atom stereocenters. The number of nitrogens with zero attached hydrogens (tertiary/aromatic N) is 1. The van der Waals surface area contributed by atoms with E-state index < -0.39 is 0 Å². The molecule has 2 unspecified atom stereocenters. The normalized spacial score (nSPS) is 16.1. The fourth-order valence-corrected chi connectivity index (χ4v) is 1.79. The van der Waals surface area contributed by atoms with E-state index in [0.29, 0.717) is 12.1 Å². The zero-order chi connectivity index (χ0) is 12.7. The highest BCUT2D eigenvalue weighted by Gasteiger charge is 2.11. The van der Waals surface area contributed by atoms with Crippen molar-refractivity contribution < 1.29 is 0 Å². The van der Waals surface area contributed by atoms with Crippen LogP contribution in [0.4, 0.5) is 0 Å². The first-order chi connectivity index (χ1) is 7.34. The van der Waals surface area contributed by atoms with E-state index in [2.05, 4.69) is 58.8 Å². The first kappa shape index (κ1) is 15.9. The summed E-state index contributed by atoms with van der Waals surface area (Å²) in [5.74, 6) is 1.51. The molecule has 0 radical (unpaired) electrons. The number of hydrogen-bond acceptors (Lipinski definition) is 2. The predicted octanol–water partition coefficient (Wildman–Crippen LogP) is 2.99. The van der Waals surface area contributed by atoms with Crippen LogP contribution in [0.2, 0.25) is 0 Å². The third kappa shape index (κ3) is 7.24. The molecule has 0 saturated heterocycles. The summed E-state index contributed by atoms with van der Waals surface area (Å²) in [6, 6.07) is 1.31. The lowest BCUT2D eigenvalue weighted by molar-refractivity contribution is 0.224. The second kappa shape index (κ2) is 8.08. The molecule has 0 aliphatic rings. The van der Waals surface area contributed by atoms with Crippen LogP contribution >= 0.6 is 0 Å². The van der Waals surface area contributed by atoms with Crippen molar-refractivity contribution in [2.24, 2.45) is 11.8 Å². The molecule has 16 heavy (non-hydrogen) atoms. The zero-order valence-electron chi connectivity index (χ0n) is 12.4. The quantitative estimate of drug-likeness (QED) is 0.687. The van der Waals surface area contributed by atoms with Gasteiger partial charge in [0.25, 0.3) is 0 Å². The smallest absolute Gasteiger partial charge is 0.0107 e. The monoisotopic (exact) mass is 228 g/mol. The molecule has 0 aromatic rings. The van der Waals surface area contributed by atoms with Crippen molar-refractivity contribution in [1.82, 2.24) is 10.2 Å². The molecule has 0 aromatic carbocycles. The van der Waals surface area contributed by atoms with Crippen molar-refractivity contribution in [3.8, 4) is 0 Å². The van der Waals surface area contributed by atoms with Gasteiger partial charge in [-0.25, -0.2) is 0 Å². The van der Waals surface area contributed by atoms with Gasteiger partial charge in [0.2, 0.25) is 0 Å². The lowest BCUT2D eigenvalue weighted by atomic mass is 10.0. The Kier molecular flexibility index (Phi) is 8.04. The Hall–Kier alpha value is -0.0800. The highest BCUT2D eigenvalue weighted by atomic mass is 15.1. The standard InChI is InChI=1S/C14H32N2/c1-11(2)10-13(5)16(7)9-8-15-14(6)12(3)4/h11-15H,8-10H2,1-7H3. The third-order valence-electron chi connectivity index (χ3n) is 3.50. The fraction of sp³-hybridized carbons (Fsp3) is 1.00. The Labute approximate surface area is 103 Å². The highest BCUT2D eigenvalue weighted by molar-refractivity contribution is 4.69. The summed E-state index contributed by atoms with van der Waals surface area (Å²) in [7, 11) is 2.23. The maximum absolute atomic E-state index is 3.58. The SMILES string of the molecule is CC(C)CC(C)N(C)CCNC(C)C(C)C. The number of rotatable bonds is 8. The van der Waals surface area contributed by atoms with Gasteiger partial charge in [-0.1, -0.05) is 27.7 Å². The second-order valence-corrected chi connectivity index (χ2v) is 5.95. The molecule has 0 spiro atoms. The molecular weight excluding hydrogens is 196 g/mol. The molecule has 0 bridgehead atoms. The third-order valence-corrected chi connectivity index (χ3v) is 3.50. The van der Waals surface area contributed by atoms with Crippen LogP contribution in [0.25, 0.3) is 0 Å². The Morgan fingerprint density at radius 1 is 1.00 bits per heavy atom. The molecule has 1 N–H and O–H groups in total. The van der Waals surface area contributed by atoms with Crippen molar-refractivity contribution in [2.45, 2.75) is 60.0 Å². The zero-order valence-corrected chi connectivity index (χ0v) is 12.4. The van der Waals surface area contributed by atoms with E-state index in [1.54, 1.807) is 0 Å². The van der Waals surface area contributed by atoms with Crippen LogP contribution in [0.3, 0.4) is 0 Å². The second-order valence-electron chi connectivity index (χ2n) is 5.95. The van der Waals surface area contributed by atoms with E-state index in [0.717, 1.165) is 24.9 Å². The number of nitrogens with one attached hydrogen (secondary N) is 1. The van der Waals surface area contributed by atoms with Crippen LogP contribution in [0, 0.1) is 11.8 Å². The summed E-state index contributed by atoms with van der Waals surface area (Å²) in [5.41, 5.74) is 0. The number of hydrogen-bond donors (Lipinski definition) is 1. The van der Waals surface area contributed by atoms with Crippen molar-refractivity contribution >= 4 is 0 Å². The van der Waals surface area contributed by atoms with Gasteiger partial charge in [0.15, 0.2) is 0 Å². The summed E-state index contributed by atoms with van der Waals surface area (Å²) < 4.78 is 0. The topological polar surface area (TPSA) is 15.3 Å². The van der Waals surface area contributed by atoms with Gasteiger partial charge < -0.3 is 10.2 Å². The predicted molar refractivity (Wildman–Crippen MR) is 73.8 cm³/mol. The van der Waals surface area contributed by atoms with E-state index >= 15 is 0 Å². The Bertz CT molecular complexity index is 166.